The standard InChI is InChI=1S/C43H53N5O2/c1-32-33(2)48(18-7-17-45-22-20-44(3)21-23-45)42-15-12-35(30-40(32)42)28-34-8-5-11-38(29-34)43(49)47-26-24-46(25-27-47)19-16-37-10-6-9-36-13-14-39(50-4)31-41(36)37/h5-6,8-15,29-31H,7,16-28H2,1-4H3. The SMILES string of the molecule is COc1ccc2cccc(CCN3CCN(C(=O)c4cccc(Cc5ccc6c(c5)c(C)c(C)n6CCCN5CCN(C)CC5)c4)CC3)c2c1. The first kappa shape index (κ1) is 34.3. The summed E-state index contributed by atoms with van der Waals surface area (Å²) in [4.78, 5) is 23.2. The molecule has 7 rings (SSSR count). The highest BCUT2D eigenvalue weighted by molar-refractivity contribution is 5.94. The van der Waals surface area contributed by atoms with E-state index in [1.165, 1.54) is 82.2 Å². The maximum atomic E-state index is 13.6. The van der Waals surface area contributed by atoms with E-state index in [-0.39, 0.29) is 5.91 Å². The number of benzene rings is 4. The summed E-state index contributed by atoms with van der Waals surface area (Å²) >= 11 is 0. The molecule has 0 bridgehead atoms. The molecular formula is C43H53N5O2. The van der Waals surface area contributed by atoms with Crippen LogP contribution in [0.5, 0.6) is 5.75 Å². The van der Waals surface area contributed by atoms with Crippen LogP contribution in [0.3, 0.4) is 0 Å². The number of carbonyl (C=O) groups excluding carboxylic acids is 1. The number of nitrogens with zero attached hydrogens (tertiary/aromatic N) is 5. The zero-order valence-corrected chi connectivity index (χ0v) is 30.5. The molecule has 2 fully saturated rings. The second-order valence-electron chi connectivity index (χ2n) is 14.5. The summed E-state index contributed by atoms with van der Waals surface area (Å²) in [5.41, 5.74) is 8.69. The van der Waals surface area contributed by atoms with E-state index in [2.05, 4.69) is 101 Å². The minimum Gasteiger partial charge on any atom is -0.497 e. The van der Waals surface area contributed by atoms with Crippen LogP contribution in [0, 0.1) is 13.8 Å². The summed E-state index contributed by atoms with van der Waals surface area (Å²) in [5.74, 6) is 1.04. The molecule has 7 nitrogen and oxygen atoms in total. The van der Waals surface area contributed by atoms with Crippen LogP contribution in [-0.4, -0.2) is 110 Å². The maximum Gasteiger partial charge on any atom is 0.253 e. The van der Waals surface area contributed by atoms with E-state index in [0.717, 1.165) is 70.0 Å². The quantitative estimate of drug-likeness (QED) is 0.158. The summed E-state index contributed by atoms with van der Waals surface area (Å²) in [7, 11) is 3.94. The molecule has 50 heavy (non-hydrogen) atoms. The van der Waals surface area contributed by atoms with E-state index in [1.54, 1.807) is 7.11 Å². The molecule has 2 aliphatic rings. The molecule has 2 saturated heterocycles. The number of aromatic nitrogens is 1. The Balaban J connectivity index is 0.940. The smallest absolute Gasteiger partial charge is 0.253 e. The Labute approximate surface area is 298 Å². The van der Waals surface area contributed by atoms with Gasteiger partial charge in [0.05, 0.1) is 7.11 Å². The number of fused-ring (bicyclic) bond motifs is 2. The van der Waals surface area contributed by atoms with E-state index in [9.17, 15) is 4.79 Å². The van der Waals surface area contributed by atoms with Gasteiger partial charge in [-0.2, -0.15) is 0 Å². The molecule has 0 aliphatic carbocycles. The average molecular weight is 672 g/mol. The lowest BCUT2D eigenvalue weighted by atomic mass is 10.00. The molecule has 262 valence electrons. The Hall–Kier alpha value is -4.17. The second-order valence-corrected chi connectivity index (χ2v) is 14.5. The Morgan fingerprint density at radius 3 is 2.26 bits per heavy atom. The molecule has 3 heterocycles. The van der Waals surface area contributed by atoms with Crippen molar-refractivity contribution < 1.29 is 9.53 Å². The fraction of sp³-hybridized carbons (Fsp3) is 0.419. The van der Waals surface area contributed by atoms with Gasteiger partial charge in [0.1, 0.15) is 5.75 Å². The monoisotopic (exact) mass is 671 g/mol. The third-order valence-electron chi connectivity index (χ3n) is 11.3. The Morgan fingerprint density at radius 1 is 0.720 bits per heavy atom. The molecule has 5 aromatic rings. The molecule has 0 spiro atoms. The average Bonchev–Trinajstić information content (AvgIpc) is 3.38. The molecule has 7 heteroatoms. The first-order valence-electron chi connectivity index (χ1n) is 18.5. The van der Waals surface area contributed by atoms with Crippen LogP contribution in [0.4, 0.5) is 0 Å². The topological polar surface area (TPSA) is 44.2 Å². The van der Waals surface area contributed by atoms with Crippen molar-refractivity contribution in [2.45, 2.75) is 39.7 Å². The minimum atomic E-state index is 0.142. The summed E-state index contributed by atoms with van der Waals surface area (Å²) in [6.45, 7) is 15.7. The highest BCUT2D eigenvalue weighted by Gasteiger charge is 2.23. The van der Waals surface area contributed by atoms with Crippen LogP contribution in [-0.2, 0) is 19.4 Å². The van der Waals surface area contributed by atoms with Gasteiger partial charge in [-0.25, -0.2) is 0 Å². The molecule has 1 aromatic heterocycles. The number of aryl methyl sites for hydroxylation is 2. The van der Waals surface area contributed by atoms with Crippen molar-refractivity contribution >= 4 is 27.6 Å². The summed E-state index contributed by atoms with van der Waals surface area (Å²) < 4.78 is 8.00. The van der Waals surface area contributed by atoms with E-state index < -0.39 is 0 Å². The zero-order chi connectivity index (χ0) is 34.6. The van der Waals surface area contributed by atoms with Gasteiger partial charge >= 0.3 is 0 Å². The van der Waals surface area contributed by atoms with Crippen LogP contribution in [0.15, 0.2) is 78.9 Å². The van der Waals surface area contributed by atoms with Crippen LogP contribution >= 0.6 is 0 Å². The Morgan fingerprint density at radius 2 is 1.46 bits per heavy atom. The summed E-state index contributed by atoms with van der Waals surface area (Å²) in [6, 6.07) is 28.1. The van der Waals surface area contributed by atoms with Gasteiger partial charge in [0, 0.05) is 87.6 Å². The molecule has 2 aliphatic heterocycles. The summed E-state index contributed by atoms with van der Waals surface area (Å²) in [6.07, 6.45) is 2.97. The predicted molar refractivity (Wildman–Crippen MR) is 206 cm³/mol. The van der Waals surface area contributed by atoms with Gasteiger partial charge < -0.3 is 24.0 Å². The van der Waals surface area contributed by atoms with E-state index >= 15 is 0 Å². The third-order valence-corrected chi connectivity index (χ3v) is 11.3. The number of methoxy groups -OCH3 is 1. The number of hydrogen-bond acceptors (Lipinski definition) is 5. The lowest BCUT2D eigenvalue weighted by Crippen LogP contribution is -2.49. The highest BCUT2D eigenvalue weighted by Crippen LogP contribution is 2.28. The van der Waals surface area contributed by atoms with Gasteiger partial charge in [0.25, 0.3) is 5.91 Å². The van der Waals surface area contributed by atoms with Gasteiger partial charge in [-0.05, 0) is 116 Å². The molecule has 1 amide bonds. The lowest BCUT2D eigenvalue weighted by molar-refractivity contribution is 0.0638. The van der Waals surface area contributed by atoms with Crippen LogP contribution in [0.2, 0.25) is 0 Å². The number of rotatable bonds is 11. The van der Waals surface area contributed by atoms with Gasteiger partial charge in [-0.3, -0.25) is 9.69 Å². The highest BCUT2D eigenvalue weighted by atomic mass is 16.5. The van der Waals surface area contributed by atoms with Gasteiger partial charge in [-0.1, -0.05) is 42.5 Å². The first-order chi connectivity index (χ1) is 24.4. The van der Waals surface area contributed by atoms with Crippen molar-refractivity contribution in [1.29, 1.82) is 0 Å². The van der Waals surface area contributed by atoms with E-state index in [0.29, 0.717) is 0 Å². The fourth-order valence-corrected chi connectivity index (χ4v) is 7.97. The van der Waals surface area contributed by atoms with Crippen molar-refractivity contribution in [1.82, 2.24) is 24.2 Å². The molecule has 0 atom stereocenters. The van der Waals surface area contributed by atoms with Crippen LogP contribution in [0.1, 0.15) is 44.7 Å². The second kappa shape index (κ2) is 15.4. The molecular weight excluding hydrogens is 619 g/mol. The predicted octanol–water partition coefficient (Wildman–Crippen LogP) is 6.65. The number of hydrogen-bond donors (Lipinski definition) is 0. The molecule has 0 unspecified atom stereocenters. The number of amides is 1. The molecule has 0 saturated carbocycles. The fourth-order valence-electron chi connectivity index (χ4n) is 7.97. The molecule has 0 radical (unpaired) electrons. The Bertz CT molecular complexity index is 1950. The van der Waals surface area contributed by atoms with Crippen molar-refractivity contribution in [2.75, 3.05) is 79.6 Å². The van der Waals surface area contributed by atoms with Gasteiger partial charge in [0.15, 0.2) is 0 Å². The van der Waals surface area contributed by atoms with Crippen LogP contribution < -0.4 is 4.74 Å². The van der Waals surface area contributed by atoms with Crippen molar-refractivity contribution in [3.8, 4) is 5.75 Å². The number of carbonyl (C=O) groups is 1. The minimum absolute atomic E-state index is 0.142. The van der Waals surface area contributed by atoms with Crippen LogP contribution in [0.25, 0.3) is 21.7 Å². The van der Waals surface area contributed by atoms with Crippen molar-refractivity contribution in [2.24, 2.45) is 0 Å². The number of ether oxygens (including phenoxy) is 1. The zero-order valence-electron chi connectivity index (χ0n) is 30.5. The molecule has 0 N–H and O–H groups in total. The van der Waals surface area contributed by atoms with Gasteiger partial charge in [-0.15, -0.1) is 0 Å². The first-order valence-corrected chi connectivity index (χ1v) is 18.5. The summed E-state index contributed by atoms with van der Waals surface area (Å²) in [5, 5.41) is 3.86. The van der Waals surface area contributed by atoms with Crippen molar-refractivity contribution in [3.05, 3.63) is 112 Å². The van der Waals surface area contributed by atoms with E-state index in [4.69, 9.17) is 4.74 Å². The Kier molecular flexibility index (Phi) is 10.5. The lowest BCUT2D eigenvalue weighted by Gasteiger charge is -2.35. The van der Waals surface area contributed by atoms with Gasteiger partial charge in [0.2, 0.25) is 0 Å². The third kappa shape index (κ3) is 7.60. The number of likely N-dealkylation sites (N-methyl/N-ethyl adjacent to an activating group) is 1. The molecule has 4 aromatic carbocycles. The number of piperazine rings is 2. The largest absolute Gasteiger partial charge is 0.497 e. The van der Waals surface area contributed by atoms with E-state index in [1.807, 2.05) is 23.1 Å². The van der Waals surface area contributed by atoms with Crippen molar-refractivity contribution in [3.63, 3.8) is 0 Å². The normalized spacial score (nSPS) is 16.4. The maximum absolute atomic E-state index is 13.6.